The van der Waals surface area contributed by atoms with E-state index in [-0.39, 0.29) is 11.5 Å². The Morgan fingerprint density at radius 1 is 0.952 bits per heavy atom. The molecule has 0 saturated heterocycles. The quantitative estimate of drug-likeness (QED) is 0.485. The zero-order chi connectivity index (χ0) is 14.9. The van der Waals surface area contributed by atoms with Gasteiger partial charge in [-0.2, -0.15) is 0 Å². The van der Waals surface area contributed by atoms with E-state index in [1.54, 1.807) is 6.08 Å². The molecular formula is C19H18O2. The van der Waals surface area contributed by atoms with Gasteiger partial charge in [-0.1, -0.05) is 66.7 Å². The highest BCUT2D eigenvalue weighted by molar-refractivity contribution is 5.90. The van der Waals surface area contributed by atoms with Crippen LogP contribution in [0.5, 0.6) is 0 Å². The number of aliphatic hydroxyl groups excluding tert-OH is 1. The summed E-state index contributed by atoms with van der Waals surface area (Å²) in [6.07, 6.45) is 5.67. The molecule has 0 unspecified atom stereocenters. The predicted molar refractivity (Wildman–Crippen MR) is 86.0 cm³/mol. The van der Waals surface area contributed by atoms with E-state index >= 15 is 0 Å². The number of ketones is 1. The first kappa shape index (κ1) is 14.8. The number of aryl methyl sites for hydroxylation is 1. The third kappa shape index (κ3) is 5.49. The topological polar surface area (TPSA) is 37.3 Å². The van der Waals surface area contributed by atoms with Gasteiger partial charge in [0, 0.05) is 12.5 Å². The third-order valence-corrected chi connectivity index (χ3v) is 3.06. The van der Waals surface area contributed by atoms with Crippen LogP contribution in [0.15, 0.2) is 78.6 Å². The fourth-order valence-electron chi connectivity index (χ4n) is 1.94. The average Bonchev–Trinajstić information content (AvgIpc) is 2.53. The molecule has 0 saturated carbocycles. The summed E-state index contributed by atoms with van der Waals surface area (Å²) in [5.41, 5.74) is 2.10. The normalized spacial score (nSPS) is 11.7. The van der Waals surface area contributed by atoms with Crippen molar-refractivity contribution in [2.24, 2.45) is 0 Å². The summed E-state index contributed by atoms with van der Waals surface area (Å²) in [7, 11) is 0. The zero-order valence-electron chi connectivity index (χ0n) is 11.8. The lowest BCUT2D eigenvalue weighted by Gasteiger charge is -1.98. The Morgan fingerprint density at radius 3 is 2.24 bits per heavy atom. The summed E-state index contributed by atoms with van der Waals surface area (Å²) >= 11 is 0. The lowest BCUT2D eigenvalue weighted by atomic mass is 10.1. The van der Waals surface area contributed by atoms with Crippen LogP contribution in [0.3, 0.4) is 0 Å². The number of aliphatic hydroxyl groups is 1. The molecule has 0 amide bonds. The summed E-state index contributed by atoms with van der Waals surface area (Å²) in [5, 5.41) is 9.73. The van der Waals surface area contributed by atoms with E-state index in [0.29, 0.717) is 12.8 Å². The largest absolute Gasteiger partial charge is 0.508 e. The third-order valence-electron chi connectivity index (χ3n) is 3.06. The van der Waals surface area contributed by atoms with Crippen LogP contribution in [0, 0.1) is 0 Å². The van der Waals surface area contributed by atoms with Gasteiger partial charge in [-0.15, -0.1) is 0 Å². The summed E-state index contributed by atoms with van der Waals surface area (Å²) in [5.74, 6) is -0.0917. The van der Waals surface area contributed by atoms with Crippen molar-refractivity contribution in [1.82, 2.24) is 0 Å². The first-order valence-corrected chi connectivity index (χ1v) is 6.94. The number of carbonyl (C=O) groups excluding carboxylic acids is 1. The van der Waals surface area contributed by atoms with Crippen molar-refractivity contribution in [3.05, 3.63) is 89.7 Å². The molecule has 2 aromatic rings. The minimum absolute atomic E-state index is 0.0167. The Kier molecular flexibility index (Phi) is 5.53. The molecule has 0 aliphatic carbocycles. The molecule has 21 heavy (non-hydrogen) atoms. The van der Waals surface area contributed by atoms with Crippen LogP contribution in [0.4, 0.5) is 0 Å². The number of rotatable bonds is 6. The van der Waals surface area contributed by atoms with Crippen LogP contribution in [0.1, 0.15) is 17.5 Å². The van der Waals surface area contributed by atoms with Crippen molar-refractivity contribution < 1.29 is 9.90 Å². The van der Waals surface area contributed by atoms with E-state index in [0.717, 1.165) is 11.1 Å². The van der Waals surface area contributed by atoms with E-state index in [9.17, 15) is 9.90 Å². The monoisotopic (exact) mass is 278 g/mol. The summed E-state index contributed by atoms with van der Waals surface area (Å²) in [6.45, 7) is 0. The first-order valence-electron chi connectivity index (χ1n) is 6.94. The summed E-state index contributed by atoms with van der Waals surface area (Å²) < 4.78 is 0. The lowest BCUT2D eigenvalue weighted by Crippen LogP contribution is -1.97. The van der Waals surface area contributed by atoms with E-state index in [2.05, 4.69) is 0 Å². The van der Waals surface area contributed by atoms with Crippen molar-refractivity contribution in [2.75, 3.05) is 0 Å². The first-order chi connectivity index (χ1) is 10.2. The van der Waals surface area contributed by atoms with E-state index in [4.69, 9.17) is 0 Å². The molecule has 2 heteroatoms. The second-order valence-corrected chi connectivity index (χ2v) is 4.77. The lowest BCUT2D eigenvalue weighted by molar-refractivity contribution is -0.114. The van der Waals surface area contributed by atoms with E-state index in [1.807, 2.05) is 60.7 Å². The molecule has 2 nitrogen and oxygen atoms in total. The van der Waals surface area contributed by atoms with Crippen LogP contribution < -0.4 is 0 Å². The summed E-state index contributed by atoms with van der Waals surface area (Å²) in [4.78, 5) is 11.8. The second kappa shape index (κ2) is 7.85. The van der Waals surface area contributed by atoms with Gasteiger partial charge >= 0.3 is 0 Å². The maximum Gasteiger partial charge on any atom is 0.159 e. The maximum atomic E-state index is 11.8. The molecule has 0 radical (unpaired) electrons. The highest BCUT2D eigenvalue weighted by Crippen LogP contribution is 2.06. The fraction of sp³-hybridized carbons (Fsp3) is 0.105. The molecule has 0 fully saturated rings. The highest BCUT2D eigenvalue weighted by atomic mass is 16.3. The Hall–Kier alpha value is -2.61. The Bertz CT molecular complexity index is 625. The predicted octanol–water partition coefficient (Wildman–Crippen LogP) is 4.34. The Labute approximate surface area is 125 Å². The van der Waals surface area contributed by atoms with Crippen molar-refractivity contribution in [1.29, 1.82) is 0 Å². The van der Waals surface area contributed by atoms with Gasteiger partial charge in [-0.3, -0.25) is 4.79 Å². The highest BCUT2D eigenvalue weighted by Gasteiger charge is 2.00. The van der Waals surface area contributed by atoms with E-state index < -0.39 is 0 Å². The molecule has 0 aliphatic rings. The van der Waals surface area contributed by atoms with Gasteiger partial charge in [0.1, 0.15) is 5.76 Å². The van der Waals surface area contributed by atoms with Crippen LogP contribution in [-0.2, 0) is 11.2 Å². The molecule has 0 heterocycles. The van der Waals surface area contributed by atoms with Crippen molar-refractivity contribution in [2.45, 2.75) is 12.8 Å². The molecule has 1 N–H and O–H groups in total. The summed E-state index contributed by atoms with van der Waals surface area (Å²) in [6, 6.07) is 19.5. The van der Waals surface area contributed by atoms with Gasteiger partial charge in [-0.25, -0.2) is 0 Å². The molecule has 2 rings (SSSR count). The number of hydrogen-bond donors (Lipinski definition) is 1. The van der Waals surface area contributed by atoms with Gasteiger partial charge in [0.15, 0.2) is 5.78 Å². The van der Waals surface area contributed by atoms with Gasteiger partial charge < -0.3 is 5.11 Å². The molecule has 0 spiro atoms. The molecule has 0 aromatic heterocycles. The standard InChI is InChI=1S/C19H18O2/c20-18(13-11-16-7-3-1-4-8-16)15-19(21)14-12-17-9-5-2-6-10-17/h1-11,13,15,20H,12,14H2/b13-11+,18-15?. The van der Waals surface area contributed by atoms with Gasteiger partial charge in [0.05, 0.1) is 0 Å². The number of carbonyl (C=O) groups is 1. The van der Waals surface area contributed by atoms with E-state index in [1.165, 1.54) is 12.2 Å². The van der Waals surface area contributed by atoms with Crippen molar-refractivity contribution in [3.63, 3.8) is 0 Å². The number of allylic oxidation sites excluding steroid dienone is 2. The maximum absolute atomic E-state index is 11.8. The molecular weight excluding hydrogens is 260 g/mol. The average molecular weight is 278 g/mol. The van der Waals surface area contributed by atoms with Crippen LogP contribution >= 0.6 is 0 Å². The molecule has 0 atom stereocenters. The molecule has 0 aliphatic heterocycles. The molecule has 2 aromatic carbocycles. The molecule has 106 valence electrons. The van der Waals surface area contributed by atoms with Crippen LogP contribution in [-0.4, -0.2) is 10.9 Å². The minimum Gasteiger partial charge on any atom is -0.508 e. The zero-order valence-corrected chi connectivity index (χ0v) is 11.8. The van der Waals surface area contributed by atoms with Crippen LogP contribution in [0.25, 0.3) is 6.08 Å². The number of benzene rings is 2. The minimum atomic E-state index is -0.0749. The smallest absolute Gasteiger partial charge is 0.159 e. The van der Waals surface area contributed by atoms with Gasteiger partial charge in [0.25, 0.3) is 0 Å². The van der Waals surface area contributed by atoms with Crippen LogP contribution in [0.2, 0.25) is 0 Å². The van der Waals surface area contributed by atoms with Crippen molar-refractivity contribution >= 4 is 11.9 Å². The van der Waals surface area contributed by atoms with Gasteiger partial charge in [0.2, 0.25) is 0 Å². The Balaban J connectivity index is 1.87. The molecule has 0 bridgehead atoms. The Morgan fingerprint density at radius 2 is 1.57 bits per heavy atom. The SMILES string of the molecule is O=C(C=C(O)/C=C/c1ccccc1)CCc1ccccc1. The van der Waals surface area contributed by atoms with Gasteiger partial charge in [-0.05, 0) is 23.6 Å². The second-order valence-electron chi connectivity index (χ2n) is 4.77. The van der Waals surface area contributed by atoms with Crippen molar-refractivity contribution in [3.8, 4) is 0 Å². The number of hydrogen-bond acceptors (Lipinski definition) is 2. The fourth-order valence-corrected chi connectivity index (χ4v) is 1.94.